The van der Waals surface area contributed by atoms with Crippen molar-refractivity contribution in [3.8, 4) is 5.75 Å². The third-order valence-electron chi connectivity index (χ3n) is 2.94. The van der Waals surface area contributed by atoms with Gasteiger partial charge in [-0.1, -0.05) is 38.5 Å². The second kappa shape index (κ2) is 8.53. The van der Waals surface area contributed by atoms with Gasteiger partial charge in [0.15, 0.2) is 0 Å². The van der Waals surface area contributed by atoms with Crippen LogP contribution in [0.5, 0.6) is 5.75 Å². The molecule has 0 aliphatic carbocycles. The van der Waals surface area contributed by atoms with Gasteiger partial charge in [0.2, 0.25) is 5.91 Å². The molecule has 1 atom stereocenters. The minimum absolute atomic E-state index is 0.0196. The van der Waals surface area contributed by atoms with E-state index in [0.29, 0.717) is 12.3 Å². The summed E-state index contributed by atoms with van der Waals surface area (Å²) in [4.78, 5) is 11.8. The van der Waals surface area contributed by atoms with Crippen molar-refractivity contribution in [2.45, 2.75) is 33.2 Å². The highest BCUT2D eigenvalue weighted by Gasteiger charge is 2.12. The first-order valence-electron chi connectivity index (χ1n) is 6.78. The smallest absolute Gasteiger partial charge is 0.223 e. The molecule has 106 valence electrons. The maximum Gasteiger partial charge on any atom is 0.223 e. The van der Waals surface area contributed by atoms with Crippen molar-refractivity contribution >= 4 is 5.91 Å². The molecule has 0 heterocycles. The predicted molar refractivity (Wildman–Crippen MR) is 74.9 cm³/mol. The van der Waals surface area contributed by atoms with Crippen LogP contribution in [0, 0.1) is 5.92 Å². The Morgan fingerprint density at radius 2 is 2.16 bits per heavy atom. The molecule has 0 fully saturated rings. The van der Waals surface area contributed by atoms with Crippen LogP contribution < -0.4 is 10.1 Å². The molecule has 1 amide bonds. The van der Waals surface area contributed by atoms with Crippen LogP contribution in [0.2, 0.25) is 0 Å². The van der Waals surface area contributed by atoms with Crippen LogP contribution >= 0.6 is 0 Å². The van der Waals surface area contributed by atoms with Crippen molar-refractivity contribution in [3.05, 3.63) is 29.8 Å². The van der Waals surface area contributed by atoms with Gasteiger partial charge in [0.05, 0.1) is 6.61 Å². The molecule has 4 heteroatoms. The van der Waals surface area contributed by atoms with Crippen LogP contribution in [-0.4, -0.2) is 24.2 Å². The minimum Gasteiger partial charge on any atom is -0.491 e. The first kappa shape index (κ1) is 15.5. The van der Waals surface area contributed by atoms with Crippen LogP contribution in [0.4, 0.5) is 0 Å². The molecule has 1 rings (SSSR count). The Morgan fingerprint density at radius 1 is 1.42 bits per heavy atom. The normalized spacial score (nSPS) is 11.9. The Morgan fingerprint density at radius 3 is 2.84 bits per heavy atom. The lowest BCUT2D eigenvalue weighted by molar-refractivity contribution is -0.124. The van der Waals surface area contributed by atoms with Crippen LogP contribution in [0.3, 0.4) is 0 Å². The SMILES string of the molecule is CCCC(C)C(=O)NCc1ccccc1OCCO. The van der Waals surface area contributed by atoms with E-state index in [4.69, 9.17) is 9.84 Å². The van der Waals surface area contributed by atoms with Gasteiger partial charge in [-0.25, -0.2) is 0 Å². The summed E-state index contributed by atoms with van der Waals surface area (Å²) >= 11 is 0. The van der Waals surface area contributed by atoms with Crippen molar-refractivity contribution in [1.82, 2.24) is 5.32 Å². The molecule has 0 saturated carbocycles. The Hall–Kier alpha value is -1.55. The number of aliphatic hydroxyl groups excluding tert-OH is 1. The third kappa shape index (κ3) is 5.30. The number of ether oxygens (including phenoxy) is 1. The number of para-hydroxylation sites is 1. The first-order chi connectivity index (χ1) is 9.19. The third-order valence-corrected chi connectivity index (χ3v) is 2.94. The van der Waals surface area contributed by atoms with Crippen molar-refractivity contribution in [2.24, 2.45) is 5.92 Å². The number of carbonyl (C=O) groups excluding carboxylic acids is 1. The summed E-state index contributed by atoms with van der Waals surface area (Å²) in [6.45, 7) is 4.70. The van der Waals surface area contributed by atoms with E-state index in [0.717, 1.165) is 18.4 Å². The fourth-order valence-corrected chi connectivity index (χ4v) is 1.87. The van der Waals surface area contributed by atoms with Gasteiger partial charge in [0.25, 0.3) is 0 Å². The largest absolute Gasteiger partial charge is 0.491 e. The number of benzene rings is 1. The zero-order chi connectivity index (χ0) is 14.1. The van der Waals surface area contributed by atoms with E-state index in [2.05, 4.69) is 12.2 Å². The molecule has 0 aromatic heterocycles. The molecule has 1 aromatic rings. The zero-order valence-electron chi connectivity index (χ0n) is 11.7. The van der Waals surface area contributed by atoms with Crippen LogP contribution in [0.1, 0.15) is 32.3 Å². The number of carbonyl (C=O) groups is 1. The van der Waals surface area contributed by atoms with Crippen molar-refractivity contribution in [2.75, 3.05) is 13.2 Å². The number of nitrogens with one attached hydrogen (secondary N) is 1. The zero-order valence-corrected chi connectivity index (χ0v) is 11.7. The summed E-state index contributed by atoms with van der Waals surface area (Å²) in [5.74, 6) is 0.814. The van der Waals surface area contributed by atoms with E-state index in [1.807, 2.05) is 31.2 Å². The Labute approximate surface area is 114 Å². The van der Waals surface area contributed by atoms with Gasteiger partial charge in [-0.2, -0.15) is 0 Å². The monoisotopic (exact) mass is 265 g/mol. The number of rotatable bonds is 8. The van der Waals surface area contributed by atoms with Crippen molar-refractivity contribution < 1.29 is 14.6 Å². The quantitative estimate of drug-likeness (QED) is 0.757. The average Bonchev–Trinajstić information content (AvgIpc) is 2.43. The summed E-state index contributed by atoms with van der Waals surface area (Å²) in [6.07, 6.45) is 1.90. The summed E-state index contributed by atoms with van der Waals surface area (Å²) in [5, 5.41) is 11.7. The van der Waals surface area contributed by atoms with Gasteiger partial charge in [0.1, 0.15) is 12.4 Å². The fraction of sp³-hybridized carbons (Fsp3) is 0.533. The predicted octanol–water partition coefficient (Wildman–Crippen LogP) is 2.11. The molecular weight excluding hydrogens is 242 g/mol. The van der Waals surface area contributed by atoms with Crippen LogP contribution in [0.15, 0.2) is 24.3 Å². The maximum atomic E-state index is 11.8. The van der Waals surface area contributed by atoms with Gasteiger partial charge in [-0.05, 0) is 12.5 Å². The average molecular weight is 265 g/mol. The van der Waals surface area contributed by atoms with E-state index in [-0.39, 0.29) is 25.0 Å². The summed E-state index contributed by atoms with van der Waals surface area (Å²) < 4.78 is 5.43. The molecule has 0 aliphatic rings. The molecule has 1 aromatic carbocycles. The minimum atomic E-state index is -0.0196. The highest BCUT2D eigenvalue weighted by atomic mass is 16.5. The molecule has 4 nitrogen and oxygen atoms in total. The first-order valence-corrected chi connectivity index (χ1v) is 6.78. The molecule has 0 radical (unpaired) electrons. The summed E-state index contributed by atoms with van der Waals surface area (Å²) in [7, 11) is 0. The van der Waals surface area contributed by atoms with Gasteiger partial charge in [-0.15, -0.1) is 0 Å². The highest BCUT2D eigenvalue weighted by Crippen LogP contribution is 2.17. The molecular formula is C15H23NO3. The molecule has 0 spiro atoms. The Balaban J connectivity index is 2.54. The molecule has 0 bridgehead atoms. The maximum absolute atomic E-state index is 11.8. The van der Waals surface area contributed by atoms with Crippen LogP contribution in [-0.2, 0) is 11.3 Å². The topological polar surface area (TPSA) is 58.6 Å². The van der Waals surface area contributed by atoms with E-state index < -0.39 is 0 Å². The molecule has 0 saturated heterocycles. The van der Waals surface area contributed by atoms with Gasteiger partial charge >= 0.3 is 0 Å². The van der Waals surface area contributed by atoms with E-state index in [1.165, 1.54) is 0 Å². The highest BCUT2D eigenvalue weighted by molar-refractivity contribution is 5.78. The van der Waals surface area contributed by atoms with E-state index in [9.17, 15) is 4.79 Å². The summed E-state index contributed by atoms with van der Waals surface area (Å²) in [5.41, 5.74) is 0.924. The van der Waals surface area contributed by atoms with Gasteiger partial charge < -0.3 is 15.2 Å². The number of hydrogen-bond donors (Lipinski definition) is 2. The lowest BCUT2D eigenvalue weighted by atomic mass is 10.1. The van der Waals surface area contributed by atoms with E-state index in [1.54, 1.807) is 0 Å². The number of aliphatic hydroxyl groups is 1. The van der Waals surface area contributed by atoms with E-state index >= 15 is 0 Å². The van der Waals surface area contributed by atoms with Crippen molar-refractivity contribution in [3.63, 3.8) is 0 Å². The Kier molecular flexibility index (Phi) is 6.97. The number of hydrogen-bond acceptors (Lipinski definition) is 3. The summed E-state index contributed by atoms with van der Waals surface area (Å²) in [6, 6.07) is 7.53. The fourth-order valence-electron chi connectivity index (χ4n) is 1.87. The Bertz CT molecular complexity index is 393. The molecule has 2 N–H and O–H groups in total. The molecule has 19 heavy (non-hydrogen) atoms. The van der Waals surface area contributed by atoms with Crippen molar-refractivity contribution in [1.29, 1.82) is 0 Å². The second-order valence-corrected chi connectivity index (χ2v) is 4.59. The van der Waals surface area contributed by atoms with Gasteiger partial charge in [0, 0.05) is 18.0 Å². The lowest BCUT2D eigenvalue weighted by Gasteiger charge is -2.14. The second-order valence-electron chi connectivity index (χ2n) is 4.59. The number of amides is 1. The molecule has 1 unspecified atom stereocenters. The van der Waals surface area contributed by atoms with Crippen LogP contribution in [0.25, 0.3) is 0 Å². The van der Waals surface area contributed by atoms with Gasteiger partial charge in [-0.3, -0.25) is 4.79 Å². The molecule has 0 aliphatic heterocycles. The lowest BCUT2D eigenvalue weighted by Crippen LogP contribution is -2.28. The standard InChI is InChI=1S/C15H23NO3/c1-3-6-12(2)15(18)16-11-13-7-4-5-8-14(13)19-10-9-17/h4-5,7-8,12,17H,3,6,9-11H2,1-2H3,(H,16,18).